The summed E-state index contributed by atoms with van der Waals surface area (Å²) in [7, 11) is 0. The molecule has 164 valence electrons. The number of aliphatic hydroxyl groups excluding tert-OH is 4. The molecule has 2 unspecified atom stereocenters. The van der Waals surface area contributed by atoms with Crippen LogP contribution in [0, 0.1) is 0 Å². The van der Waals surface area contributed by atoms with E-state index in [1.807, 2.05) is 0 Å². The SMILES string of the molecule is O=c1[nH]c(-c2cc(Cl)ccc2O[C@@H]2OC(CO)[C@H](O)[C@@H](O)C2O)nc2ccc(Cl)cc12. The zero-order chi connectivity index (χ0) is 22.3. The summed E-state index contributed by atoms with van der Waals surface area (Å²) in [6.07, 6.45) is -7.28. The van der Waals surface area contributed by atoms with Gasteiger partial charge in [-0.3, -0.25) is 4.79 Å². The van der Waals surface area contributed by atoms with E-state index in [-0.39, 0.29) is 11.6 Å². The summed E-state index contributed by atoms with van der Waals surface area (Å²) in [5.41, 5.74) is 0.251. The Hall–Kier alpha value is -2.24. The molecule has 1 aliphatic rings. The summed E-state index contributed by atoms with van der Waals surface area (Å²) in [6.45, 7) is -0.597. The Balaban J connectivity index is 1.75. The minimum Gasteiger partial charge on any atom is -0.461 e. The first-order valence-electron chi connectivity index (χ1n) is 9.25. The minimum absolute atomic E-state index is 0.130. The second-order valence-electron chi connectivity index (χ2n) is 7.03. The summed E-state index contributed by atoms with van der Waals surface area (Å²) in [5, 5.41) is 40.6. The first-order valence-corrected chi connectivity index (χ1v) is 10.0. The lowest BCUT2D eigenvalue weighted by atomic mass is 9.99. The van der Waals surface area contributed by atoms with Crippen LogP contribution in [0.25, 0.3) is 22.3 Å². The molecule has 0 radical (unpaired) electrons. The third-order valence-corrected chi connectivity index (χ3v) is 5.43. The molecule has 1 aromatic heterocycles. The number of ether oxygens (including phenoxy) is 2. The largest absolute Gasteiger partial charge is 0.461 e. The van der Waals surface area contributed by atoms with E-state index in [1.54, 1.807) is 12.1 Å². The molecule has 9 nitrogen and oxygen atoms in total. The monoisotopic (exact) mass is 468 g/mol. The Morgan fingerprint density at radius 2 is 1.74 bits per heavy atom. The van der Waals surface area contributed by atoms with Crippen molar-refractivity contribution >= 4 is 34.1 Å². The molecule has 0 saturated carbocycles. The average molecular weight is 469 g/mol. The molecule has 31 heavy (non-hydrogen) atoms. The van der Waals surface area contributed by atoms with Crippen molar-refractivity contribution in [2.75, 3.05) is 6.61 Å². The molecule has 2 aromatic carbocycles. The highest BCUT2D eigenvalue weighted by Crippen LogP contribution is 2.33. The predicted molar refractivity (Wildman–Crippen MR) is 112 cm³/mol. The predicted octanol–water partition coefficient (Wildman–Crippen LogP) is 1.08. The van der Waals surface area contributed by atoms with Crippen LogP contribution in [0.3, 0.4) is 0 Å². The van der Waals surface area contributed by atoms with Gasteiger partial charge in [-0.25, -0.2) is 4.98 Å². The Bertz CT molecular complexity index is 1170. The van der Waals surface area contributed by atoms with Crippen LogP contribution >= 0.6 is 23.2 Å². The van der Waals surface area contributed by atoms with E-state index in [0.717, 1.165) is 0 Å². The van der Waals surface area contributed by atoms with E-state index in [2.05, 4.69) is 9.97 Å². The van der Waals surface area contributed by atoms with Gasteiger partial charge in [-0.05, 0) is 36.4 Å². The van der Waals surface area contributed by atoms with Crippen molar-refractivity contribution in [3.8, 4) is 17.1 Å². The number of nitrogens with zero attached hydrogens (tertiary/aromatic N) is 1. The van der Waals surface area contributed by atoms with Crippen molar-refractivity contribution in [2.24, 2.45) is 0 Å². The van der Waals surface area contributed by atoms with Gasteiger partial charge < -0.3 is 34.9 Å². The van der Waals surface area contributed by atoms with Crippen molar-refractivity contribution < 1.29 is 29.9 Å². The highest BCUT2D eigenvalue weighted by molar-refractivity contribution is 6.31. The van der Waals surface area contributed by atoms with E-state index >= 15 is 0 Å². The molecule has 5 N–H and O–H groups in total. The fourth-order valence-corrected chi connectivity index (χ4v) is 3.66. The molecule has 2 heterocycles. The lowest BCUT2D eigenvalue weighted by Gasteiger charge is -2.39. The number of halogens is 2. The standard InChI is InChI=1S/C20H18Cl2N2O7/c21-8-1-3-12-10(5-8)19(29)24-18(23-12)11-6-9(22)2-4-13(11)30-20-17(28)16(27)15(26)14(7-25)31-20/h1-6,14-17,20,25-28H,7H2,(H,23,24,29)/t14?,15-,16+,17?,20+/m0/s1. The molecule has 1 saturated heterocycles. The van der Waals surface area contributed by atoms with Gasteiger partial charge in [0.15, 0.2) is 0 Å². The molecule has 0 amide bonds. The van der Waals surface area contributed by atoms with Crippen LogP contribution in [-0.4, -0.2) is 67.7 Å². The molecule has 1 fully saturated rings. The Morgan fingerprint density at radius 3 is 2.48 bits per heavy atom. The average Bonchev–Trinajstić information content (AvgIpc) is 2.75. The summed E-state index contributed by atoms with van der Waals surface area (Å²) in [6, 6.07) is 9.19. The number of hydrogen-bond acceptors (Lipinski definition) is 8. The smallest absolute Gasteiger partial charge is 0.259 e. The minimum atomic E-state index is -1.60. The Morgan fingerprint density at radius 1 is 1.03 bits per heavy atom. The van der Waals surface area contributed by atoms with Crippen LogP contribution < -0.4 is 10.3 Å². The first kappa shape index (κ1) is 22.0. The van der Waals surface area contributed by atoms with Gasteiger partial charge in [0.05, 0.1) is 23.1 Å². The number of nitrogens with one attached hydrogen (secondary N) is 1. The zero-order valence-electron chi connectivity index (χ0n) is 15.8. The summed E-state index contributed by atoms with van der Waals surface area (Å²) in [5.74, 6) is 0.270. The van der Waals surface area contributed by atoms with Crippen LogP contribution in [0.5, 0.6) is 5.75 Å². The van der Waals surface area contributed by atoms with Crippen LogP contribution in [0.1, 0.15) is 0 Å². The lowest BCUT2D eigenvalue weighted by molar-refractivity contribution is -0.277. The summed E-state index contributed by atoms with van der Waals surface area (Å²) in [4.78, 5) is 19.6. The van der Waals surface area contributed by atoms with Crippen LogP contribution in [0.2, 0.25) is 10.0 Å². The van der Waals surface area contributed by atoms with Gasteiger partial charge in [0.2, 0.25) is 6.29 Å². The number of aromatic amines is 1. The number of fused-ring (bicyclic) bond motifs is 1. The van der Waals surface area contributed by atoms with E-state index in [1.165, 1.54) is 24.3 Å². The number of hydrogen-bond donors (Lipinski definition) is 5. The van der Waals surface area contributed by atoms with E-state index in [9.17, 15) is 25.2 Å². The maximum absolute atomic E-state index is 12.5. The van der Waals surface area contributed by atoms with E-state index in [4.69, 9.17) is 32.7 Å². The Labute approximate surface area is 185 Å². The normalized spacial score (nSPS) is 26.2. The van der Waals surface area contributed by atoms with E-state index < -0.39 is 42.9 Å². The van der Waals surface area contributed by atoms with Gasteiger partial charge in [0.1, 0.15) is 36.0 Å². The molecule has 0 bridgehead atoms. The third-order valence-electron chi connectivity index (χ3n) is 4.96. The molecule has 11 heteroatoms. The molecule has 0 spiro atoms. The fraction of sp³-hybridized carbons (Fsp3) is 0.300. The molecule has 0 aliphatic carbocycles. The van der Waals surface area contributed by atoms with E-state index in [0.29, 0.717) is 26.5 Å². The van der Waals surface area contributed by atoms with Crippen LogP contribution in [-0.2, 0) is 4.74 Å². The number of H-pyrrole nitrogens is 1. The van der Waals surface area contributed by atoms with Gasteiger partial charge in [-0.2, -0.15) is 0 Å². The molecular formula is C20H18Cl2N2O7. The lowest BCUT2D eigenvalue weighted by Crippen LogP contribution is -2.60. The topological polar surface area (TPSA) is 145 Å². The molecule has 1 aliphatic heterocycles. The summed E-state index contributed by atoms with van der Waals surface area (Å²) >= 11 is 12.1. The zero-order valence-corrected chi connectivity index (χ0v) is 17.3. The highest BCUT2D eigenvalue weighted by atomic mass is 35.5. The molecular weight excluding hydrogens is 451 g/mol. The van der Waals surface area contributed by atoms with Gasteiger partial charge in [0, 0.05) is 10.0 Å². The number of aromatic nitrogens is 2. The third kappa shape index (κ3) is 4.26. The first-order chi connectivity index (χ1) is 14.8. The van der Waals surface area contributed by atoms with Crippen LogP contribution in [0.4, 0.5) is 0 Å². The molecule has 4 rings (SSSR count). The summed E-state index contributed by atoms with van der Waals surface area (Å²) < 4.78 is 11.1. The number of benzene rings is 2. The van der Waals surface area contributed by atoms with Crippen molar-refractivity contribution in [3.05, 3.63) is 56.8 Å². The van der Waals surface area contributed by atoms with Crippen molar-refractivity contribution in [1.82, 2.24) is 9.97 Å². The quantitative estimate of drug-likeness (QED) is 0.382. The maximum atomic E-state index is 12.5. The highest BCUT2D eigenvalue weighted by Gasteiger charge is 2.44. The van der Waals surface area contributed by atoms with Gasteiger partial charge >= 0.3 is 0 Å². The second kappa shape index (κ2) is 8.71. The molecule has 3 aromatic rings. The van der Waals surface area contributed by atoms with Crippen LogP contribution in [0.15, 0.2) is 41.2 Å². The second-order valence-corrected chi connectivity index (χ2v) is 7.90. The van der Waals surface area contributed by atoms with Gasteiger partial charge in [-0.1, -0.05) is 23.2 Å². The van der Waals surface area contributed by atoms with Crippen molar-refractivity contribution in [1.29, 1.82) is 0 Å². The Kier molecular flexibility index (Phi) is 6.18. The van der Waals surface area contributed by atoms with Crippen molar-refractivity contribution in [2.45, 2.75) is 30.7 Å². The number of aliphatic hydroxyl groups is 4. The molecule has 5 atom stereocenters. The van der Waals surface area contributed by atoms with Gasteiger partial charge in [-0.15, -0.1) is 0 Å². The maximum Gasteiger partial charge on any atom is 0.259 e. The number of rotatable bonds is 4. The van der Waals surface area contributed by atoms with Crippen molar-refractivity contribution in [3.63, 3.8) is 0 Å². The van der Waals surface area contributed by atoms with Gasteiger partial charge in [0.25, 0.3) is 5.56 Å². The fourth-order valence-electron chi connectivity index (χ4n) is 3.32.